The van der Waals surface area contributed by atoms with E-state index in [1.165, 1.54) is 19.8 Å². The predicted octanol–water partition coefficient (Wildman–Crippen LogP) is 4.06. The van der Waals surface area contributed by atoms with E-state index in [9.17, 15) is 14.7 Å². The summed E-state index contributed by atoms with van der Waals surface area (Å²) in [4.78, 5) is 24.3. The quantitative estimate of drug-likeness (QED) is 0.741. The van der Waals surface area contributed by atoms with Gasteiger partial charge in [0.1, 0.15) is 6.10 Å². The number of rotatable bonds is 2. The average Bonchev–Trinajstić information content (AvgIpc) is 2.95. The summed E-state index contributed by atoms with van der Waals surface area (Å²) in [5, 5.41) is 10.2. The van der Waals surface area contributed by atoms with E-state index in [2.05, 4.69) is 19.9 Å². The molecule has 0 aliphatic heterocycles. The first-order valence-corrected chi connectivity index (χ1v) is 10.7. The van der Waals surface area contributed by atoms with Crippen molar-refractivity contribution in [3.05, 3.63) is 11.6 Å². The van der Waals surface area contributed by atoms with Gasteiger partial charge >= 0.3 is 5.97 Å². The smallest absolute Gasteiger partial charge is 0.302 e. The maximum Gasteiger partial charge on any atom is 0.302 e. The number of allylic oxidation sites excluding steroid dienone is 1. The Morgan fingerprint density at radius 3 is 2.52 bits per heavy atom. The van der Waals surface area contributed by atoms with Gasteiger partial charge in [-0.2, -0.15) is 0 Å². The number of aliphatic hydroxyl groups excluding tert-OH is 1. The van der Waals surface area contributed by atoms with Crippen LogP contribution in [0.4, 0.5) is 0 Å². The molecule has 150 valence electrons. The lowest BCUT2D eigenvalue weighted by atomic mass is 9.44. The maximum absolute atomic E-state index is 12.4. The van der Waals surface area contributed by atoms with Crippen LogP contribution in [0.2, 0.25) is 0 Å². The van der Waals surface area contributed by atoms with E-state index in [1.807, 2.05) is 0 Å². The molecule has 3 saturated carbocycles. The fraction of sp³-hybridized carbons (Fsp3) is 0.826. The number of ether oxygens (including phenoxy) is 1. The largest absolute Gasteiger partial charge is 0.462 e. The minimum Gasteiger partial charge on any atom is -0.462 e. The van der Waals surface area contributed by atoms with E-state index in [-0.39, 0.29) is 34.8 Å². The highest BCUT2D eigenvalue weighted by Gasteiger charge is 2.63. The van der Waals surface area contributed by atoms with Gasteiger partial charge < -0.3 is 9.84 Å². The summed E-state index contributed by atoms with van der Waals surface area (Å²) in [5.74, 6) is 1.90. The van der Waals surface area contributed by atoms with Crippen molar-refractivity contribution in [2.45, 2.75) is 84.8 Å². The molecule has 8 atom stereocenters. The first-order chi connectivity index (χ1) is 12.7. The van der Waals surface area contributed by atoms with Crippen LogP contribution in [0.3, 0.4) is 0 Å². The summed E-state index contributed by atoms with van der Waals surface area (Å²) in [6.07, 6.45) is 8.73. The Labute approximate surface area is 162 Å². The van der Waals surface area contributed by atoms with Crippen LogP contribution in [0, 0.1) is 34.5 Å². The van der Waals surface area contributed by atoms with Crippen LogP contribution in [-0.2, 0) is 14.3 Å². The highest BCUT2D eigenvalue weighted by atomic mass is 16.5. The molecular weight excluding hydrogens is 340 g/mol. The molecule has 0 radical (unpaired) electrons. The van der Waals surface area contributed by atoms with Gasteiger partial charge in [0, 0.05) is 17.9 Å². The second kappa shape index (κ2) is 6.43. The normalized spacial score (nSPS) is 48.7. The van der Waals surface area contributed by atoms with Gasteiger partial charge in [0.2, 0.25) is 0 Å². The fourth-order valence-corrected chi connectivity index (χ4v) is 7.65. The van der Waals surface area contributed by atoms with Gasteiger partial charge in [-0.1, -0.05) is 19.9 Å². The van der Waals surface area contributed by atoms with Gasteiger partial charge in [0.05, 0.1) is 6.10 Å². The molecule has 0 heterocycles. The van der Waals surface area contributed by atoms with Crippen LogP contribution in [-0.4, -0.2) is 29.1 Å². The molecule has 0 bridgehead atoms. The van der Waals surface area contributed by atoms with E-state index >= 15 is 0 Å². The summed E-state index contributed by atoms with van der Waals surface area (Å²) in [6, 6.07) is 0. The SMILES string of the molecule is CC(=O)O[C@@H]1C[C@H]2[C@@H](CC[C@H]3C[C@@H](O)CC[C@@]32C)[C@@H]2CC=C(C(C)=O)[C@@]12C. The van der Waals surface area contributed by atoms with Crippen molar-refractivity contribution in [3.63, 3.8) is 0 Å². The number of ketones is 1. The maximum atomic E-state index is 12.4. The minimum absolute atomic E-state index is 0.122. The van der Waals surface area contributed by atoms with E-state index in [4.69, 9.17) is 4.74 Å². The van der Waals surface area contributed by atoms with E-state index in [0.29, 0.717) is 23.7 Å². The molecule has 0 saturated heterocycles. The van der Waals surface area contributed by atoms with Gasteiger partial charge in [0.25, 0.3) is 0 Å². The molecule has 27 heavy (non-hydrogen) atoms. The van der Waals surface area contributed by atoms with E-state index < -0.39 is 0 Å². The molecule has 4 aliphatic rings. The Hall–Kier alpha value is -1.16. The van der Waals surface area contributed by atoms with Crippen LogP contribution in [0.5, 0.6) is 0 Å². The zero-order valence-corrected chi connectivity index (χ0v) is 17.2. The number of esters is 1. The average molecular weight is 375 g/mol. The zero-order valence-electron chi connectivity index (χ0n) is 17.2. The topological polar surface area (TPSA) is 63.6 Å². The second-order valence-corrected chi connectivity index (χ2v) is 10.1. The van der Waals surface area contributed by atoms with Crippen molar-refractivity contribution in [1.29, 1.82) is 0 Å². The molecular formula is C23H34O4. The number of Topliss-reactive ketones (excluding diaryl/α,β-unsaturated/α-hetero) is 1. The molecule has 4 aliphatic carbocycles. The number of carbonyl (C=O) groups excluding carboxylic acids is 2. The van der Waals surface area contributed by atoms with Crippen molar-refractivity contribution in [3.8, 4) is 0 Å². The van der Waals surface area contributed by atoms with Crippen LogP contribution >= 0.6 is 0 Å². The van der Waals surface area contributed by atoms with Gasteiger partial charge in [-0.3, -0.25) is 9.59 Å². The number of hydrogen-bond donors (Lipinski definition) is 1. The fourth-order valence-electron chi connectivity index (χ4n) is 7.65. The molecule has 0 spiro atoms. The minimum atomic E-state index is -0.351. The first-order valence-electron chi connectivity index (χ1n) is 10.7. The molecule has 4 heteroatoms. The highest BCUT2D eigenvalue weighted by Crippen LogP contribution is 2.66. The second-order valence-electron chi connectivity index (χ2n) is 10.1. The van der Waals surface area contributed by atoms with Gasteiger partial charge in [0.15, 0.2) is 5.78 Å². The van der Waals surface area contributed by atoms with Crippen LogP contribution < -0.4 is 0 Å². The molecule has 3 fully saturated rings. The third kappa shape index (κ3) is 2.73. The first kappa shape index (κ1) is 19.2. The Morgan fingerprint density at radius 2 is 1.85 bits per heavy atom. The zero-order chi connectivity index (χ0) is 19.6. The van der Waals surface area contributed by atoms with Crippen LogP contribution in [0.15, 0.2) is 11.6 Å². The standard InChI is InChI=1S/C23H34O4/c1-13(24)18-7-8-19-17-6-5-15-11-16(26)9-10-22(15,3)20(17)12-21(23(18,19)4)27-14(2)25/h7,15-17,19-21,26H,5-6,8-12H2,1-4H3/t15-,16-,17-,19-,20-,21+,22-,23+/m0/s1. The Balaban J connectivity index is 1.72. The molecule has 1 N–H and O–H groups in total. The third-order valence-electron chi connectivity index (χ3n) is 8.99. The van der Waals surface area contributed by atoms with Crippen LogP contribution in [0.1, 0.15) is 72.6 Å². The van der Waals surface area contributed by atoms with Crippen molar-refractivity contribution in [2.75, 3.05) is 0 Å². The third-order valence-corrected chi connectivity index (χ3v) is 8.99. The molecule has 4 rings (SSSR count). The summed E-state index contributed by atoms with van der Waals surface area (Å²) in [7, 11) is 0. The predicted molar refractivity (Wildman–Crippen MR) is 103 cm³/mol. The van der Waals surface area contributed by atoms with Crippen molar-refractivity contribution >= 4 is 11.8 Å². The highest BCUT2D eigenvalue weighted by molar-refractivity contribution is 5.95. The van der Waals surface area contributed by atoms with E-state index in [1.54, 1.807) is 6.92 Å². The number of carbonyl (C=O) groups is 2. The summed E-state index contributed by atoms with van der Waals surface area (Å²) < 4.78 is 5.90. The molecule has 0 aromatic heterocycles. The monoisotopic (exact) mass is 374 g/mol. The summed E-state index contributed by atoms with van der Waals surface area (Å²) in [6.45, 7) is 7.72. The lowest BCUT2D eigenvalue weighted by Gasteiger charge is -2.62. The van der Waals surface area contributed by atoms with Gasteiger partial charge in [-0.05, 0) is 81.0 Å². The molecule has 0 aromatic carbocycles. The lowest BCUT2D eigenvalue weighted by molar-refractivity contribution is -0.183. The number of aliphatic hydroxyl groups is 1. The molecule has 4 nitrogen and oxygen atoms in total. The van der Waals surface area contributed by atoms with E-state index in [0.717, 1.165) is 37.7 Å². The summed E-state index contributed by atoms with van der Waals surface area (Å²) in [5.41, 5.74) is 0.736. The molecule has 0 amide bonds. The Kier molecular flexibility index (Phi) is 4.57. The van der Waals surface area contributed by atoms with Crippen molar-refractivity contribution in [1.82, 2.24) is 0 Å². The van der Waals surface area contributed by atoms with Crippen LogP contribution in [0.25, 0.3) is 0 Å². The van der Waals surface area contributed by atoms with Crippen molar-refractivity contribution < 1.29 is 19.4 Å². The number of fused-ring (bicyclic) bond motifs is 5. The molecule has 0 unspecified atom stereocenters. The Bertz CT molecular complexity index is 682. The van der Waals surface area contributed by atoms with Crippen molar-refractivity contribution in [2.24, 2.45) is 34.5 Å². The van der Waals surface area contributed by atoms with Gasteiger partial charge in [-0.15, -0.1) is 0 Å². The number of hydrogen-bond acceptors (Lipinski definition) is 4. The summed E-state index contributed by atoms with van der Waals surface area (Å²) >= 11 is 0. The Morgan fingerprint density at radius 1 is 1.11 bits per heavy atom. The lowest BCUT2D eigenvalue weighted by Crippen LogP contribution is -2.59. The molecule has 0 aromatic rings. The van der Waals surface area contributed by atoms with Gasteiger partial charge in [-0.25, -0.2) is 0 Å².